The second-order valence-corrected chi connectivity index (χ2v) is 5.65. The molecule has 0 aromatic carbocycles. The van der Waals surface area contributed by atoms with E-state index in [2.05, 4.69) is 10.6 Å². The fourth-order valence-corrected chi connectivity index (χ4v) is 2.29. The minimum absolute atomic E-state index is 0.103. The van der Waals surface area contributed by atoms with Gasteiger partial charge in [0.2, 0.25) is 11.8 Å². The number of nitrogens with two attached hydrogens (primary N) is 2. The van der Waals surface area contributed by atoms with Crippen LogP contribution in [0.15, 0.2) is 0 Å². The summed E-state index contributed by atoms with van der Waals surface area (Å²) in [6.45, 7) is 4.68. The van der Waals surface area contributed by atoms with Gasteiger partial charge >= 0.3 is 0 Å². The monoisotopic (exact) mass is 285 g/mol. The number of quaternary nitrogens is 1. The molecule has 1 aliphatic rings. The van der Waals surface area contributed by atoms with Crippen molar-refractivity contribution in [2.45, 2.75) is 45.2 Å². The molecule has 0 radical (unpaired) electrons. The van der Waals surface area contributed by atoms with Gasteiger partial charge in [0, 0.05) is 12.8 Å². The molecule has 0 aromatic heterocycles. The van der Waals surface area contributed by atoms with Crippen molar-refractivity contribution in [1.82, 2.24) is 10.6 Å². The summed E-state index contributed by atoms with van der Waals surface area (Å²) >= 11 is 0. The van der Waals surface area contributed by atoms with Gasteiger partial charge in [-0.3, -0.25) is 14.4 Å². The Kier molecular flexibility index (Phi) is 6.44. The van der Waals surface area contributed by atoms with E-state index >= 15 is 0 Å². The highest BCUT2D eigenvalue weighted by molar-refractivity contribution is 5.91. The lowest BCUT2D eigenvalue weighted by Crippen LogP contribution is -2.89. The highest BCUT2D eigenvalue weighted by Crippen LogP contribution is 2.06. The Hall–Kier alpha value is -1.63. The van der Waals surface area contributed by atoms with Gasteiger partial charge in [-0.05, 0) is 12.3 Å². The van der Waals surface area contributed by atoms with E-state index in [1.807, 2.05) is 19.2 Å². The van der Waals surface area contributed by atoms with Crippen LogP contribution in [0.1, 0.15) is 33.1 Å². The fraction of sp³-hybridized carbons (Fsp3) is 0.769. The van der Waals surface area contributed by atoms with E-state index in [9.17, 15) is 14.4 Å². The van der Waals surface area contributed by atoms with Gasteiger partial charge in [0.15, 0.2) is 6.04 Å². The Labute approximate surface area is 119 Å². The lowest BCUT2D eigenvalue weighted by atomic mass is 10.0. The average Bonchev–Trinajstić information content (AvgIpc) is 2.88. The van der Waals surface area contributed by atoms with Crippen molar-refractivity contribution >= 4 is 17.7 Å². The molecule has 2 atom stereocenters. The van der Waals surface area contributed by atoms with Crippen LogP contribution in [0.5, 0.6) is 0 Å². The van der Waals surface area contributed by atoms with E-state index in [0.717, 1.165) is 19.4 Å². The standard InChI is InChI=1S/C13H24N4O3/c1-8(2)6-10(12(19)16-7-11(14)18)17-13(20)9-4-3-5-15-9/h8-10,15H,3-7H2,1-2H3,(H2,14,18)(H,16,19)(H,17,20)/p+1. The Morgan fingerprint density at radius 2 is 2.05 bits per heavy atom. The van der Waals surface area contributed by atoms with Crippen LogP contribution in [0.2, 0.25) is 0 Å². The number of amides is 3. The first-order chi connectivity index (χ1) is 9.40. The number of nitrogens with one attached hydrogen (secondary N) is 2. The number of hydrogen-bond acceptors (Lipinski definition) is 3. The Morgan fingerprint density at radius 3 is 2.55 bits per heavy atom. The van der Waals surface area contributed by atoms with Gasteiger partial charge in [-0.25, -0.2) is 0 Å². The SMILES string of the molecule is CC(C)CC(NC(=O)C1CCC[NH2+]1)C(=O)NCC(N)=O. The topological polar surface area (TPSA) is 118 Å². The molecule has 20 heavy (non-hydrogen) atoms. The summed E-state index contributed by atoms with van der Waals surface area (Å²) in [5, 5.41) is 7.21. The minimum atomic E-state index is -0.615. The largest absolute Gasteiger partial charge is 0.368 e. The molecule has 1 saturated heterocycles. The molecule has 0 bridgehead atoms. The van der Waals surface area contributed by atoms with Crippen molar-refractivity contribution in [3.8, 4) is 0 Å². The lowest BCUT2D eigenvalue weighted by Gasteiger charge is -2.20. The van der Waals surface area contributed by atoms with Gasteiger partial charge in [-0.1, -0.05) is 13.8 Å². The molecule has 114 valence electrons. The van der Waals surface area contributed by atoms with E-state index in [-0.39, 0.29) is 30.3 Å². The average molecular weight is 285 g/mol. The Morgan fingerprint density at radius 1 is 1.35 bits per heavy atom. The van der Waals surface area contributed by atoms with Crippen molar-refractivity contribution in [1.29, 1.82) is 0 Å². The van der Waals surface area contributed by atoms with Gasteiger partial charge in [0.25, 0.3) is 5.91 Å². The molecular formula is C13H25N4O3+. The third kappa shape index (κ3) is 5.56. The van der Waals surface area contributed by atoms with E-state index in [0.29, 0.717) is 6.42 Å². The molecule has 0 aromatic rings. The van der Waals surface area contributed by atoms with Crippen LogP contribution >= 0.6 is 0 Å². The first-order valence-corrected chi connectivity index (χ1v) is 7.10. The first-order valence-electron chi connectivity index (χ1n) is 7.10. The van der Waals surface area contributed by atoms with Crippen LogP contribution in [-0.4, -0.2) is 42.9 Å². The molecule has 1 rings (SSSR count). The van der Waals surface area contributed by atoms with Crippen molar-refractivity contribution < 1.29 is 19.7 Å². The molecule has 1 fully saturated rings. The van der Waals surface area contributed by atoms with Crippen molar-refractivity contribution in [3.63, 3.8) is 0 Å². The zero-order chi connectivity index (χ0) is 15.1. The van der Waals surface area contributed by atoms with Crippen molar-refractivity contribution in [3.05, 3.63) is 0 Å². The number of hydrogen-bond donors (Lipinski definition) is 4. The number of carbonyl (C=O) groups is 3. The van der Waals surface area contributed by atoms with Crippen molar-refractivity contribution in [2.75, 3.05) is 13.1 Å². The molecule has 0 aliphatic carbocycles. The maximum atomic E-state index is 12.1. The zero-order valence-electron chi connectivity index (χ0n) is 12.1. The molecule has 7 heteroatoms. The van der Waals surface area contributed by atoms with E-state index in [1.165, 1.54) is 0 Å². The highest BCUT2D eigenvalue weighted by atomic mass is 16.2. The van der Waals surface area contributed by atoms with Gasteiger partial charge < -0.3 is 21.7 Å². The summed E-state index contributed by atoms with van der Waals surface area (Å²) in [7, 11) is 0. The number of rotatable bonds is 7. The van der Waals surface area contributed by atoms with Crippen LogP contribution in [0.25, 0.3) is 0 Å². The second-order valence-electron chi connectivity index (χ2n) is 5.65. The summed E-state index contributed by atoms with van der Waals surface area (Å²) in [6.07, 6.45) is 2.38. The van der Waals surface area contributed by atoms with Crippen LogP contribution in [0, 0.1) is 5.92 Å². The summed E-state index contributed by atoms with van der Waals surface area (Å²) in [5.41, 5.74) is 5.00. The summed E-state index contributed by atoms with van der Waals surface area (Å²) in [4.78, 5) is 34.8. The fourth-order valence-electron chi connectivity index (χ4n) is 2.29. The van der Waals surface area contributed by atoms with E-state index < -0.39 is 11.9 Å². The minimum Gasteiger partial charge on any atom is -0.368 e. The summed E-state index contributed by atoms with van der Waals surface area (Å²) in [5.74, 6) is -0.810. The van der Waals surface area contributed by atoms with Crippen LogP contribution in [0.3, 0.4) is 0 Å². The maximum absolute atomic E-state index is 12.1. The molecule has 0 saturated carbocycles. The van der Waals surface area contributed by atoms with Crippen LogP contribution in [0.4, 0.5) is 0 Å². The van der Waals surface area contributed by atoms with Gasteiger partial charge in [-0.2, -0.15) is 0 Å². The molecular weight excluding hydrogens is 260 g/mol. The maximum Gasteiger partial charge on any atom is 0.278 e. The predicted molar refractivity (Wildman–Crippen MR) is 73.4 cm³/mol. The normalized spacial score (nSPS) is 19.6. The Balaban J connectivity index is 2.55. The van der Waals surface area contributed by atoms with Gasteiger partial charge in [0.1, 0.15) is 6.04 Å². The lowest BCUT2D eigenvalue weighted by molar-refractivity contribution is -0.657. The summed E-state index contributed by atoms with van der Waals surface area (Å²) < 4.78 is 0. The zero-order valence-corrected chi connectivity index (χ0v) is 12.1. The third-order valence-electron chi connectivity index (χ3n) is 3.28. The van der Waals surface area contributed by atoms with E-state index in [4.69, 9.17) is 5.73 Å². The Bertz CT molecular complexity index is 365. The molecule has 6 N–H and O–H groups in total. The van der Waals surface area contributed by atoms with Gasteiger partial charge in [-0.15, -0.1) is 0 Å². The predicted octanol–water partition coefficient (Wildman–Crippen LogP) is -2.16. The quantitative estimate of drug-likeness (QED) is 0.427. The molecule has 2 unspecified atom stereocenters. The second kappa shape index (κ2) is 7.84. The molecule has 7 nitrogen and oxygen atoms in total. The molecule has 1 heterocycles. The third-order valence-corrected chi connectivity index (χ3v) is 3.28. The van der Waals surface area contributed by atoms with Crippen molar-refractivity contribution in [2.24, 2.45) is 11.7 Å². The van der Waals surface area contributed by atoms with Gasteiger partial charge in [0.05, 0.1) is 13.1 Å². The molecule has 0 spiro atoms. The first kappa shape index (κ1) is 16.4. The number of carbonyl (C=O) groups excluding carboxylic acids is 3. The molecule has 3 amide bonds. The van der Waals surface area contributed by atoms with Crippen LogP contribution in [-0.2, 0) is 14.4 Å². The molecule has 1 aliphatic heterocycles. The van der Waals surface area contributed by atoms with Crippen LogP contribution < -0.4 is 21.7 Å². The number of primary amides is 1. The smallest absolute Gasteiger partial charge is 0.278 e. The summed E-state index contributed by atoms with van der Waals surface area (Å²) in [6, 6.07) is -0.718. The highest BCUT2D eigenvalue weighted by Gasteiger charge is 2.30. The van der Waals surface area contributed by atoms with E-state index in [1.54, 1.807) is 0 Å².